The van der Waals surface area contributed by atoms with Crippen molar-refractivity contribution in [2.45, 2.75) is 17.3 Å². The minimum absolute atomic E-state index is 0.132. The van der Waals surface area contributed by atoms with E-state index in [1.807, 2.05) is 6.92 Å². The molecule has 0 saturated heterocycles. The SMILES string of the molecule is COC(=O)CC(C)I. The van der Waals surface area contributed by atoms with Crippen LogP contribution in [0.25, 0.3) is 0 Å². The van der Waals surface area contributed by atoms with Crippen molar-refractivity contribution >= 4 is 28.6 Å². The van der Waals surface area contributed by atoms with Gasteiger partial charge in [0.05, 0.1) is 13.5 Å². The lowest BCUT2D eigenvalue weighted by molar-refractivity contribution is -0.140. The Bertz CT molecular complexity index is 80.5. The molecule has 0 fully saturated rings. The standard InChI is InChI=1S/C5H9IO2/c1-4(6)3-5(7)8-2/h4H,3H2,1-2H3. The van der Waals surface area contributed by atoms with E-state index in [1.165, 1.54) is 7.11 Å². The van der Waals surface area contributed by atoms with Crippen LogP contribution in [0.15, 0.2) is 0 Å². The lowest BCUT2D eigenvalue weighted by Gasteiger charge is -1.98. The zero-order chi connectivity index (χ0) is 6.57. The fourth-order valence-electron chi connectivity index (χ4n) is 0.313. The molecule has 1 atom stereocenters. The Labute approximate surface area is 62.7 Å². The predicted molar refractivity (Wildman–Crippen MR) is 40.1 cm³/mol. The van der Waals surface area contributed by atoms with Gasteiger partial charge in [0.25, 0.3) is 0 Å². The van der Waals surface area contributed by atoms with E-state index < -0.39 is 0 Å². The van der Waals surface area contributed by atoms with Crippen LogP contribution in [0.1, 0.15) is 13.3 Å². The summed E-state index contributed by atoms with van der Waals surface area (Å²) >= 11 is 2.18. The molecule has 0 aliphatic carbocycles. The number of hydrogen-bond acceptors (Lipinski definition) is 2. The summed E-state index contributed by atoms with van der Waals surface area (Å²) in [6, 6.07) is 0. The summed E-state index contributed by atoms with van der Waals surface area (Å²) in [7, 11) is 1.40. The van der Waals surface area contributed by atoms with Gasteiger partial charge < -0.3 is 4.74 Å². The Hall–Kier alpha value is 0.200. The van der Waals surface area contributed by atoms with E-state index >= 15 is 0 Å². The largest absolute Gasteiger partial charge is 0.469 e. The van der Waals surface area contributed by atoms with Crippen LogP contribution < -0.4 is 0 Å². The maximum absolute atomic E-state index is 10.4. The molecule has 0 rings (SSSR count). The van der Waals surface area contributed by atoms with Crippen molar-refractivity contribution in [2.75, 3.05) is 7.11 Å². The molecule has 0 aromatic carbocycles. The second-order valence-electron chi connectivity index (χ2n) is 1.56. The molecule has 1 unspecified atom stereocenters. The molecular weight excluding hydrogens is 219 g/mol. The zero-order valence-corrected chi connectivity index (χ0v) is 7.14. The fraction of sp³-hybridized carbons (Fsp3) is 0.800. The summed E-state index contributed by atoms with van der Waals surface area (Å²) in [5.41, 5.74) is 0. The van der Waals surface area contributed by atoms with E-state index in [1.54, 1.807) is 0 Å². The van der Waals surface area contributed by atoms with Gasteiger partial charge in [-0.2, -0.15) is 0 Å². The van der Waals surface area contributed by atoms with Gasteiger partial charge >= 0.3 is 5.97 Å². The number of carbonyl (C=O) groups excluding carboxylic acids is 1. The molecule has 0 spiro atoms. The van der Waals surface area contributed by atoms with Crippen molar-refractivity contribution in [3.05, 3.63) is 0 Å². The maximum Gasteiger partial charge on any atom is 0.306 e. The normalized spacial score (nSPS) is 12.9. The fourth-order valence-corrected chi connectivity index (χ4v) is 0.673. The lowest BCUT2D eigenvalue weighted by atomic mass is 10.3. The predicted octanol–water partition coefficient (Wildman–Crippen LogP) is 1.37. The van der Waals surface area contributed by atoms with Gasteiger partial charge in [0, 0.05) is 3.92 Å². The molecule has 0 radical (unpaired) electrons. The maximum atomic E-state index is 10.4. The van der Waals surface area contributed by atoms with Crippen LogP contribution >= 0.6 is 22.6 Å². The molecule has 48 valence electrons. The molecule has 0 aliphatic rings. The molecule has 8 heavy (non-hydrogen) atoms. The van der Waals surface area contributed by atoms with Gasteiger partial charge in [-0.1, -0.05) is 29.5 Å². The molecule has 0 aromatic rings. The van der Waals surface area contributed by atoms with Crippen LogP contribution in [0.5, 0.6) is 0 Å². The summed E-state index contributed by atoms with van der Waals surface area (Å²) in [5.74, 6) is -0.132. The smallest absolute Gasteiger partial charge is 0.306 e. The molecule has 3 heteroatoms. The van der Waals surface area contributed by atoms with Crippen LogP contribution in [0.4, 0.5) is 0 Å². The number of methoxy groups -OCH3 is 1. The molecule has 0 aromatic heterocycles. The molecule has 0 N–H and O–H groups in total. The summed E-state index contributed by atoms with van der Waals surface area (Å²) in [6.45, 7) is 1.97. The highest BCUT2D eigenvalue weighted by Gasteiger charge is 2.03. The Morgan fingerprint density at radius 1 is 1.88 bits per heavy atom. The summed E-state index contributed by atoms with van der Waals surface area (Å²) in [5, 5.41) is 0. The highest BCUT2D eigenvalue weighted by Crippen LogP contribution is 2.03. The first-order valence-corrected chi connectivity index (χ1v) is 3.62. The van der Waals surface area contributed by atoms with Gasteiger partial charge in [-0.05, 0) is 0 Å². The van der Waals surface area contributed by atoms with Gasteiger partial charge in [0.2, 0.25) is 0 Å². The third-order valence-electron chi connectivity index (χ3n) is 0.676. The topological polar surface area (TPSA) is 26.3 Å². The van der Waals surface area contributed by atoms with E-state index in [2.05, 4.69) is 27.3 Å². The van der Waals surface area contributed by atoms with Crippen molar-refractivity contribution in [3.63, 3.8) is 0 Å². The highest BCUT2D eigenvalue weighted by atomic mass is 127. The number of rotatable bonds is 2. The summed E-state index contributed by atoms with van der Waals surface area (Å²) < 4.78 is 4.79. The Morgan fingerprint density at radius 3 is 2.50 bits per heavy atom. The summed E-state index contributed by atoms with van der Waals surface area (Å²) in [6.07, 6.45) is 0.511. The molecule has 0 amide bonds. The number of halogens is 1. The Morgan fingerprint density at radius 2 is 2.38 bits per heavy atom. The molecular formula is C5H9IO2. The highest BCUT2D eigenvalue weighted by molar-refractivity contribution is 14.1. The first-order chi connectivity index (χ1) is 3.66. The number of hydrogen-bond donors (Lipinski definition) is 0. The van der Waals surface area contributed by atoms with Crippen LogP contribution in [-0.2, 0) is 9.53 Å². The van der Waals surface area contributed by atoms with Gasteiger partial charge in [-0.15, -0.1) is 0 Å². The zero-order valence-electron chi connectivity index (χ0n) is 4.98. The second kappa shape index (κ2) is 4.12. The number of esters is 1. The minimum atomic E-state index is -0.132. The molecule has 2 nitrogen and oxygen atoms in total. The van der Waals surface area contributed by atoms with Crippen molar-refractivity contribution < 1.29 is 9.53 Å². The van der Waals surface area contributed by atoms with Crippen LogP contribution in [0, 0.1) is 0 Å². The van der Waals surface area contributed by atoms with Crippen LogP contribution in [0.2, 0.25) is 0 Å². The van der Waals surface area contributed by atoms with Crippen molar-refractivity contribution in [3.8, 4) is 0 Å². The monoisotopic (exact) mass is 228 g/mol. The van der Waals surface area contributed by atoms with Crippen molar-refractivity contribution in [1.82, 2.24) is 0 Å². The van der Waals surface area contributed by atoms with Gasteiger partial charge in [-0.3, -0.25) is 4.79 Å². The molecule has 0 bridgehead atoms. The Balaban J connectivity index is 3.25. The third kappa shape index (κ3) is 4.36. The van der Waals surface area contributed by atoms with Crippen molar-refractivity contribution in [2.24, 2.45) is 0 Å². The van der Waals surface area contributed by atoms with Crippen LogP contribution in [0.3, 0.4) is 0 Å². The number of alkyl halides is 1. The van der Waals surface area contributed by atoms with E-state index in [9.17, 15) is 4.79 Å². The molecule has 0 heterocycles. The first-order valence-electron chi connectivity index (χ1n) is 2.37. The number of ether oxygens (including phenoxy) is 1. The van der Waals surface area contributed by atoms with Crippen molar-refractivity contribution in [1.29, 1.82) is 0 Å². The first kappa shape index (κ1) is 8.20. The second-order valence-corrected chi connectivity index (χ2v) is 3.69. The third-order valence-corrected chi connectivity index (χ3v) is 1.12. The molecule has 0 aliphatic heterocycles. The minimum Gasteiger partial charge on any atom is -0.469 e. The number of carbonyl (C=O) groups is 1. The van der Waals surface area contributed by atoms with E-state index in [0.29, 0.717) is 10.3 Å². The lowest BCUT2D eigenvalue weighted by Crippen LogP contribution is -2.05. The van der Waals surface area contributed by atoms with Crippen LogP contribution in [-0.4, -0.2) is 17.0 Å². The quantitative estimate of drug-likeness (QED) is 0.405. The van der Waals surface area contributed by atoms with E-state index in [4.69, 9.17) is 0 Å². The molecule has 0 saturated carbocycles. The average molecular weight is 228 g/mol. The Kier molecular flexibility index (Phi) is 4.22. The van der Waals surface area contributed by atoms with E-state index in [0.717, 1.165) is 0 Å². The van der Waals surface area contributed by atoms with E-state index in [-0.39, 0.29) is 5.97 Å². The summed E-state index contributed by atoms with van der Waals surface area (Å²) in [4.78, 5) is 10.4. The average Bonchev–Trinajstić information content (AvgIpc) is 1.65. The van der Waals surface area contributed by atoms with Gasteiger partial charge in [0.15, 0.2) is 0 Å². The van der Waals surface area contributed by atoms with Gasteiger partial charge in [0.1, 0.15) is 0 Å². The van der Waals surface area contributed by atoms with Gasteiger partial charge in [-0.25, -0.2) is 0 Å².